The van der Waals surface area contributed by atoms with Gasteiger partial charge in [0.1, 0.15) is 0 Å². The molecule has 17 heavy (non-hydrogen) atoms. The van der Waals surface area contributed by atoms with Gasteiger partial charge in [-0.2, -0.15) is 0 Å². The van der Waals surface area contributed by atoms with Crippen LogP contribution in [0.2, 0.25) is 0 Å². The topological polar surface area (TPSA) is 42.7 Å². The minimum absolute atomic E-state index is 0.389. The molecule has 4 heteroatoms. The summed E-state index contributed by atoms with van der Waals surface area (Å²) in [7, 11) is 0. The highest BCUT2D eigenvalue weighted by atomic mass is 15.4. The molecule has 1 atom stereocenters. The number of hydrogen-bond acceptors (Lipinski definition) is 3. The summed E-state index contributed by atoms with van der Waals surface area (Å²) in [5.74, 6) is 0.658. The molecule has 0 aromatic carbocycles. The average molecular weight is 238 g/mol. The van der Waals surface area contributed by atoms with Gasteiger partial charge in [0, 0.05) is 6.54 Å². The van der Waals surface area contributed by atoms with Crippen LogP contribution in [0.5, 0.6) is 0 Å². The van der Waals surface area contributed by atoms with Gasteiger partial charge in [0.15, 0.2) is 0 Å². The van der Waals surface area contributed by atoms with Crippen LogP contribution in [0.3, 0.4) is 0 Å². The van der Waals surface area contributed by atoms with E-state index >= 15 is 0 Å². The summed E-state index contributed by atoms with van der Waals surface area (Å²) >= 11 is 0. The van der Waals surface area contributed by atoms with Gasteiger partial charge in [-0.25, -0.2) is 4.68 Å². The van der Waals surface area contributed by atoms with E-state index in [2.05, 4.69) is 43.3 Å². The summed E-state index contributed by atoms with van der Waals surface area (Å²) in [6, 6.07) is 0.389. The second-order valence-electron chi connectivity index (χ2n) is 4.48. The Labute approximate surface area is 105 Å². The molecule has 1 N–H and O–H groups in total. The zero-order chi connectivity index (χ0) is 12.7. The summed E-state index contributed by atoms with van der Waals surface area (Å²) in [6.45, 7) is 10.8. The molecule has 0 bridgehead atoms. The summed E-state index contributed by atoms with van der Waals surface area (Å²) < 4.78 is 2.01. The lowest BCUT2D eigenvalue weighted by molar-refractivity contribution is 0.323. The summed E-state index contributed by atoms with van der Waals surface area (Å²) in [5.41, 5.74) is 1.23. The van der Waals surface area contributed by atoms with Gasteiger partial charge < -0.3 is 5.32 Å². The Balaban J connectivity index is 2.88. The SMILES string of the molecule is CCCNC(c1cnnn1CC)C(CC)CC. The van der Waals surface area contributed by atoms with Crippen molar-refractivity contribution < 1.29 is 0 Å². The lowest BCUT2D eigenvalue weighted by atomic mass is 9.92. The molecule has 1 rings (SSSR count). The lowest BCUT2D eigenvalue weighted by Crippen LogP contribution is -2.30. The molecule has 0 saturated carbocycles. The van der Waals surface area contributed by atoms with Gasteiger partial charge in [-0.3, -0.25) is 0 Å². The molecular formula is C13H26N4. The van der Waals surface area contributed by atoms with Crippen LogP contribution in [0.1, 0.15) is 58.7 Å². The Morgan fingerprint density at radius 1 is 1.24 bits per heavy atom. The highest BCUT2D eigenvalue weighted by Gasteiger charge is 2.23. The first kappa shape index (κ1) is 14.2. The van der Waals surface area contributed by atoms with E-state index in [1.807, 2.05) is 10.9 Å². The molecule has 0 amide bonds. The van der Waals surface area contributed by atoms with Gasteiger partial charge in [0.05, 0.1) is 17.9 Å². The van der Waals surface area contributed by atoms with Gasteiger partial charge in [-0.15, -0.1) is 5.10 Å². The molecule has 1 unspecified atom stereocenters. The van der Waals surface area contributed by atoms with Gasteiger partial charge in [0.25, 0.3) is 0 Å². The first-order valence-electron chi connectivity index (χ1n) is 6.90. The highest BCUT2D eigenvalue weighted by molar-refractivity contribution is 5.04. The molecule has 0 fully saturated rings. The smallest absolute Gasteiger partial charge is 0.0759 e. The predicted molar refractivity (Wildman–Crippen MR) is 70.8 cm³/mol. The van der Waals surface area contributed by atoms with Crippen LogP contribution in [0.15, 0.2) is 6.20 Å². The molecule has 0 aliphatic rings. The molecule has 1 heterocycles. The maximum Gasteiger partial charge on any atom is 0.0759 e. The third kappa shape index (κ3) is 3.53. The van der Waals surface area contributed by atoms with Crippen LogP contribution in [0.4, 0.5) is 0 Å². The summed E-state index contributed by atoms with van der Waals surface area (Å²) in [6.07, 6.45) is 5.44. The van der Waals surface area contributed by atoms with E-state index in [4.69, 9.17) is 0 Å². The fourth-order valence-electron chi connectivity index (χ4n) is 2.32. The van der Waals surface area contributed by atoms with E-state index in [1.165, 1.54) is 18.5 Å². The van der Waals surface area contributed by atoms with Crippen molar-refractivity contribution in [3.8, 4) is 0 Å². The Bertz CT molecular complexity index is 304. The van der Waals surface area contributed by atoms with E-state index in [0.29, 0.717) is 12.0 Å². The molecule has 1 aromatic heterocycles. The van der Waals surface area contributed by atoms with Crippen molar-refractivity contribution >= 4 is 0 Å². The minimum atomic E-state index is 0.389. The lowest BCUT2D eigenvalue weighted by Gasteiger charge is -2.26. The Kier molecular flexibility index (Phi) is 6.19. The molecule has 0 aliphatic heterocycles. The van der Waals surface area contributed by atoms with Crippen LogP contribution < -0.4 is 5.32 Å². The maximum atomic E-state index is 4.14. The van der Waals surface area contributed by atoms with E-state index in [-0.39, 0.29) is 0 Å². The molecule has 0 spiro atoms. The van der Waals surface area contributed by atoms with Crippen molar-refractivity contribution in [2.45, 2.75) is 59.5 Å². The Morgan fingerprint density at radius 2 is 1.94 bits per heavy atom. The Morgan fingerprint density at radius 3 is 2.47 bits per heavy atom. The number of nitrogens with one attached hydrogen (secondary N) is 1. The van der Waals surface area contributed by atoms with E-state index in [0.717, 1.165) is 19.5 Å². The van der Waals surface area contributed by atoms with Crippen molar-refractivity contribution in [3.63, 3.8) is 0 Å². The van der Waals surface area contributed by atoms with Crippen molar-refractivity contribution in [3.05, 3.63) is 11.9 Å². The average Bonchev–Trinajstić information content (AvgIpc) is 2.82. The molecule has 1 aromatic rings. The van der Waals surface area contributed by atoms with Gasteiger partial charge >= 0.3 is 0 Å². The predicted octanol–water partition coefficient (Wildman–Crippen LogP) is 2.77. The quantitative estimate of drug-likeness (QED) is 0.757. The number of rotatable bonds is 8. The second-order valence-corrected chi connectivity index (χ2v) is 4.48. The zero-order valence-electron chi connectivity index (χ0n) is 11.6. The fourth-order valence-corrected chi connectivity index (χ4v) is 2.32. The molecule has 4 nitrogen and oxygen atoms in total. The molecular weight excluding hydrogens is 212 g/mol. The van der Waals surface area contributed by atoms with Gasteiger partial charge in [0.2, 0.25) is 0 Å². The molecule has 0 aliphatic carbocycles. The number of aromatic nitrogens is 3. The monoisotopic (exact) mass is 238 g/mol. The van der Waals surface area contributed by atoms with Crippen molar-refractivity contribution in [2.75, 3.05) is 6.54 Å². The van der Waals surface area contributed by atoms with Crippen LogP contribution in [-0.2, 0) is 6.54 Å². The van der Waals surface area contributed by atoms with E-state index in [1.54, 1.807) is 0 Å². The fraction of sp³-hybridized carbons (Fsp3) is 0.846. The maximum absolute atomic E-state index is 4.14. The Hall–Kier alpha value is -0.900. The molecule has 98 valence electrons. The third-order valence-corrected chi connectivity index (χ3v) is 3.40. The highest BCUT2D eigenvalue weighted by Crippen LogP contribution is 2.26. The first-order chi connectivity index (χ1) is 8.28. The largest absolute Gasteiger partial charge is 0.308 e. The van der Waals surface area contributed by atoms with Crippen molar-refractivity contribution in [1.82, 2.24) is 20.3 Å². The van der Waals surface area contributed by atoms with Gasteiger partial charge in [-0.1, -0.05) is 38.8 Å². The normalized spacial score (nSPS) is 13.2. The standard InChI is InChI=1S/C13H26N4/c1-5-9-14-13(11(6-2)7-3)12-10-15-16-17(12)8-4/h10-11,13-14H,5-9H2,1-4H3. The summed E-state index contributed by atoms with van der Waals surface area (Å²) in [5, 5.41) is 11.8. The first-order valence-corrected chi connectivity index (χ1v) is 6.90. The third-order valence-electron chi connectivity index (χ3n) is 3.40. The number of nitrogens with zero attached hydrogens (tertiary/aromatic N) is 3. The van der Waals surface area contributed by atoms with Crippen molar-refractivity contribution in [2.24, 2.45) is 5.92 Å². The number of aryl methyl sites for hydroxylation is 1. The van der Waals surface area contributed by atoms with Gasteiger partial charge in [-0.05, 0) is 25.8 Å². The minimum Gasteiger partial charge on any atom is -0.308 e. The van der Waals surface area contributed by atoms with Crippen LogP contribution in [0.25, 0.3) is 0 Å². The van der Waals surface area contributed by atoms with Crippen molar-refractivity contribution in [1.29, 1.82) is 0 Å². The van der Waals surface area contributed by atoms with Crippen LogP contribution >= 0.6 is 0 Å². The molecule has 0 saturated heterocycles. The second kappa shape index (κ2) is 7.43. The molecule has 0 radical (unpaired) electrons. The van der Waals surface area contributed by atoms with Crippen LogP contribution in [0, 0.1) is 5.92 Å². The van der Waals surface area contributed by atoms with Crippen LogP contribution in [-0.4, -0.2) is 21.5 Å². The summed E-state index contributed by atoms with van der Waals surface area (Å²) in [4.78, 5) is 0. The van der Waals surface area contributed by atoms with E-state index in [9.17, 15) is 0 Å². The number of hydrogen-bond donors (Lipinski definition) is 1. The van der Waals surface area contributed by atoms with E-state index < -0.39 is 0 Å². The zero-order valence-corrected chi connectivity index (χ0v) is 11.6.